The van der Waals surface area contributed by atoms with Crippen LogP contribution in [0.1, 0.15) is 48.1 Å². The van der Waals surface area contributed by atoms with Crippen LogP contribution in [0.3, 0.4) is 0 Å². The number of rotatable bonds is 10. The van der Waals surface area contributed by atoms with Crippen molar-refractivity contribution in [2.75, 3.05) is 14.2 Å². The lowest BCUT2D eigenvalue weighted by Crippen LogP contribution is -2.28. The van der Waals surface area contributed by atoms with Gasteiger partial charge in [0.05, 0.1) is 7.11 Å². The highest BCUT2D eigenvalue weighted by Gasteiger charge is 2.24. The molecule has 0 aliphatic carbocycles. The molecule has 6 heteroatoms. The van der Waals surface area contributed by atoms with Crippen LogP contribution in [0.4, 0.5) is 4.79 Å². The van der Waals surface area contributed by atoms with E-state index in [1.807, 2.05) is 31.2 Å². The highest BCUT2D eigenvalue weighted by molar-refractivity contribution is 6.71. The number of benzene rings is 3. The molecule has 0 aliphatic rings. The van der Waals surface area contributed by atoms with Crippen molar-refractivity contribution in [3.63, 3.8) is 0 Å². The van der Waals surface area contributed by atoms with Crippen LogP contribution in [0.25, 0.3) is 0 Å². The van der Waals surface area contributed by atoms with Gasteiger partial charge in [0.15, 0.2) is 19.8 Å². The molecule has 0 saturated carbocycles. The third-order valence-electron chi connectivity index (χ3n) is 7.05. The second kappa shape index (κ2) is 12.0. The zero-order chi connectivity index (χ0) is 27.2. The van der Waals surface area contributed by atoms with Gasteiger partial charge in [0.25, 0.3) is 0 Å². The molecule has 198 valence electrons. The van der Waals surface area contributed by atoms with Crippen LogP contribution in [0.15, 0.2) is 60.7 Å². The third-order valence-corrected chi connectivity index (χ3v) is 9.71. The van der Waals surface area contributed by atoms with E-state index in [1.165, 1.54) is 11.1 Å². The summed E-state index contributed by atoms with van der Waals surface area (Å²) in [5, 5.41) is 0. The quantitative estimate of drug-likeness (QED) is 0.154. The smallest absolute Gasteiger partial charge is 0.493 e. The summed E-state index contributed by atoms with van der Waals surface area (Å²) in [6, 6.07) is 21.1. The highest BCUT2D eigenvalue weighted by atomic mass is 28.4. The summed E-state index contributed by atoms with van der Waals surface area (Å²) in [6.07, 6.45) is 1.15. The Kier molecular flexibility index (Phi) is 9.21. The fourth-order valence-corrected chi connectivity index (χ4v) is 5.56. The van der Waals surface area contributed by atoms with Crippen LogP contribution in [0, 0.1) is 13.8 Å². The molecule has 3 aromatic rings. The molecule has 0 unspecified atom stereocenters. The first-order chi connectivity index (χ1) is 17.4. The summed E-state index contributed by atoms with van der Waals surface area (Å²) >= 11 is 0. The zero-order valence-electron chi connectivity index (χ0n) is 23.4. The van der Waals surface area contributed by atoms with E-state index in [0.29, 0.717) is 17.2 Å². The molecule has 3 aromatic carbocycles. The maximum Gasteiger partial charge on any atom is 0.519 e. The maximum atomic E-state index is 12.6. The molecule has 0 spiro atoms. The number of aryl methyl sites for hydroxylation is 3. The van der Waals surface area contributed by atoms with E-state index in [0.717, 1.165) is 35.6 Å². The van der Waals surface area contributed by atoms with Crippen LogP contribution < -0.4 is 14.2 Å². The molecular weight excluding hydrogens is 480 g/mol. The zero-order valence-corrected chi connectivity index (χ0v) is 24.4. The Morgan fingerprint density at radius 1 is 0.838 bits per heavy atom. The number of hydrogen-bond acceptors (Lipinski definition) is 5. The van der Waals surface area contributed by atoms with Crippen LogP contribution >= 0.6 is 0 Å². The average molecular weight is 521 g/mol. The number of hydrogen-bond donors (Lipinski definition) is 0. The fourth-order valence-electron chi connectivity index (χ4n) is 4.33. The number of ether oxygens (including phenoxy) is 3. The molecule has 0 heterocycles. The summed E-state index contributed by atoms with van der Waals surface area (Å²) in [5.41, 5.74) is 5.41. The molecule has 3 rings (SSSR count). The van der Waals surface area contributed by atoms with E-state index < -0.39 is 14.5 Å². The van der Waals surface area contributed by atoms with Gasteiger partial charge in [-0.2, -0.15) is 0 Å². The largest absolute Gasteiger partial charge is 0.519 e. The van der Waals surface area contributed by atoms with E-state index in [4.69, 9.17) is 18.6 Å². The van der Waals surface area contributed by atoms with Crippen molar-refractivity contribution in [2.45, 2.75) is 65.1 Å². The first-order valence-electron chi connectivity index (χ1n) is 12.7. The summed E-state index contributed by atoms with van der Waals surface area (Å²) in [5.74, 6) is 1.30. The van der Waals surface area contributed by atoms with Gasteiger partial charge in [-0.3, -0.25) is 0 Å². The molecule has 37 heavy (non-hydrogen) atoms. The second-order valence-corrected chi connectivity index (χ2v) is 15.2. The number of carbonyl (C=O) groups is 1. The molecule has 0 atom stereocenters. The minimum atomic E-state index is -1.58. The van der Waals surface area contributed by atoms with Crippen LogP contribution in [0.2, 0.25) is 19.1 Å². The van der Waals surface area contributed by atoms with Crippen molar-refractivity contribution >= 4 is 14.5 Å². The highest BCUT2D eigenvalue weighted by Crippen LogP contribution is 2.35. The normalized spacial score (nSPS) is 11.8. The molecule has 0 fully saturated rings. The van der Waals surface area contributed by atoms with Crippen molar-refractivity contribution < 1.29 is 23.4 Å². The van der Waals surface area contributed by atoms with Gasteiger partial charge in [-0.05, 0) is 86.3 Å². The van der Waals surface area contributed by atoms with Crippen molar-refractivity contribution in [1.82, 2.24) is 0 Å². The van der Waals surface area contributed by atoms with E-state index in [-0.39, 0.29) is 5.41 Å². The van der Waals surface area contributed by atoms with Crippen molar-refractivity contribution in [2.24, 2.45) is 0 Å². The standard InChI is InChI=1S/C31H40O5Si/c1-22-11-9-13-25(19-22)31(3,4)26-15-17-27(23(2)20-26)35-30(32)36-28-16-14-24(21-29(28)33-5)12-10-18-37(7,8)34-6/h9,11,13-17,19-21H,10,12,18H2,1-8H3. The predicted molar refractivity (Wildman–Crippen MR) is 152 cm³/mol. The lowest BCUT2D eigenvalue weighted by Gasteiger charge is -2.27. The van der Waals surface area contributed by atoms with Gasteiger partial charge in [0.1, 0.15) is 5.75 Å². The minimum Gasteiger partial charge on any atom is -0.493 e. The lowest BCUT2D eigenvalue weighted by atomic mass is 9.77. The topological polar surface area (TPSA) is 54.0 Å². The minimum absolute atomic E-state index is 0.188. The predicted octanol–water partition coefficient (Wildman–Crippen LogP) is 8.00. The summed E-state index contributed by atoms with van der Waals surface area (Å²) in [7, 11) is 1.78. The molecule has 0 radical (unpaired) electrons. The molecule has 0 amide bonds. The third kappa shape index (κ3) is 7.46. The van der Waals surface area contributed by atoms with Gasteiger partial charge < -0.3 is 18.6 Å². The molecule has 0 N–H and O–H groups in total. The Morgan fingerprint density at radius 2 is 1.51 bits per heavy atom. The lowest BCUT2D eigenvalue weighted by molar-refractivity contribution is 0.150. The summed E-state index contributed by atoms with van der Waals surface area (Å²) in [6.45, 7) is 12.9. The van der Waals surface area contributed by atoms with Crippen molar-refractivity contribution in [3.8, 4) is 17.2 Å². The Hall–Kier alpha value is -3.09. The van der Waals surface area contributed by atoms with Crippen LogP contribution in [-0.4, -0.2) is 28.7 Å². The second-order valence-electron chi connectivity index (χ2n) is 10.7. The molecular formula is C31H40O5Si. The summed E-state index contributed by atoms with van der Waals surface area (Å²) < 4.78 is 22.2. The Bertz CT molecular complexity index is 1230. The fraction of sp³-hybridized carbons (Fsp3) is 0.387. The molecule has 0 bridgehead atoms. The van der Waals surface area contributed by atoms with Crippen molar-refractivity contribution in [3.05, 3.63) is 88.5 Å². The molecule has 0 aliphatic heterocycles. The van der Waals surface area contributed by atoms with Crippen LogP contribution in [0.5, 0.6) is 17.2 Å². The first kappa shape index (κ1) is 28.5. The molecule has 0 saturated heterocycles. The average Bonchev–Trinajstić information content (AvgIpc) is 2.86. The SMILES string of the molecule is COc1cc(CCC[Si](C)(C)OC)ccc1OC(=O)Oc1ccc(C(C)(C)c2cccc(C)c2)cc1C. The Labute approximate surface area is 222 Å². The first-order valence-corrected chi connectivity index (χ1v) is 15.9. The number of methoxy groups -OCH3 is 1. The van der Waals surface area contributed by atoms with Crippen LogP contribution in [-0.2, 0) is 16.3 Å². The van der Waals surface area contributed by atoms with E-state index in [9.17, 15) is 4.79 Å². The summed E-state index contributed by atoms with van der Waals surface area (Å²) in [4.78, 5) is 12.6. The van der Waals surface area contributed by atoms with Gasteiger partial charge in [0.2, 0.25) is 0 Å². The van der Waals surface area contributed by atoms with Crippen molar-refractivity contribution in [1.29, 1.82) is 0 Å². The van der Waals surface area contributed by atoms with Gasteiger partial charge >= 0.3 is 6.16 Å². The van der Waals surface area contributed by atoms with Gasteiger partial charge in [-0.25, -0.2) is 4.79 Å². The molecule has 5 nitrogen and oxygen atoms in total. The molecule has 0 aromatic heterocycles. The maximum absolute atomic E-state index is 12.6. The van der Waals surface area contributed by atoms with Gasteiger partial charge in [-0.15, -0.1) is 0 Å². The van der Waals surface area contributed by atoms with Gasteiger partial charge in [0, 0.05) is 12.5 Å². The van der Waals surface area contributed by atoms with E-state index in [1.54, 1.807) is 20.3 Å². The monoisotopic (exact) mass is 520 g/mol. The Balaban J connectivity index is 1.67. The Morgan fingerprint density at radius 3 is 2.16 bits per heavy atom. The van der Waals surface area contributed by atoms with Gasteiger partial charge in [-0.1, -0.05) is 61.9 Å². The van der Waals surface area contributed by atoms with E-state index >= 15 is 0 Å². The van der Waals surface area contributed by atoms with E-state index in [2.05, 4.69) is 64.2 Å². The number of carbonyl (C=O) groups excluding carboxylic acids is 1.